The van der Waals surface area contributed by atoms with Crippen LogP contribution in [-0.4, -0.2) is 30.4 Å². The lowest BCUT2D eigenvalue weighted by Gasteiger charge is -2.27. The summed E-state index contributed by atoms with van der Waals surface area (Å²) >= 11 is 6.09. The quantitative estimate of drug-likeness (QED) is 0.575. The van der Waals surface area contributed by atoms with Crippen LogP contribution < -0.4 is 20.7 Å². The van der Waals surface area contributed by atoms with Crippen molar-refractivity contribution in [3.8, 4) is 5.75 Å². The number of nitrogens with one attached hydrogen (secondary N) is 1. The number of halogens is 1. The summed E-state index contributed by atoms with van der Waals surface area (Å²) in [7, 11) is 0. The van der Waals surface area contributed by atoms with Gasteiger partial charge in [0.25, 0.3) is 17.7 Å². The number of carbonyl (C=O) groups is 4. The molecule has 148 valence electrons. The summed E-state index contributed by atoms with van der Waals surface area (Å²) in [5.74, 6) is -1.78. The van der Waals surface area contributed by atoms with Crippen molar-refractivity contribution in [3.05, 3.63) is 64.2 Å². The predicted octanol–water partition coefficient (Wildman–Crippen LogP) is 2.18. The van der Waals surface area contributed by atoms with Gasteiger partial charge in [-0.2, -0.15) is 0 Å². The molecule has 3 rings (SSSR count). The topological polar surface area (TPSA) is 119 Å². The highest BCUT2D eigenvalue weighted by atomic mass is 35.5. The summed E-state index contributed by atoms with van der Waals surface area (Å²) in [5, 5.41) is 2.55. The van der Waals surface area contributed by atoms with Gasteiger partial charge in [-0.15, -0.1) is 0 Å². The summed E-state index contributed by atoms with van der Waals surface area (Å²) in [6.45, 7) is 1.40. The number of hydrogen-bond donors (Lipinski definition) is 2. The van der Waals surface area contributed by atoms with E-state index in [-0.39, 0.29) is 17.9 Å². The highest BCUT2D eigenvalue weighted by molar-refractivity contribution is 6.39. The molecule has 1 saturated heterocycles. The number of benzene rings is 2. The Morgan fingerprint density at radius 3 is 2.52 bits per heavy atom. The highest BCUT2D eigenvalue weighted by Crippen LogP contribution is 2.29. The molecule has 0 saturated carbocycles. The second-order valence-electron chi connectivity index (χ2n) is 6.17. The van der Waals surface area contributed by atoms with Crippen molar-refractivity contribution in [2.45, 2.75) is 6.92 Å². The Morgan fingerprint density at radius 2 is 1.86 bits per heavy atom. The van der Waals surface area contributed by atoms with E-state index in [1.165, 1.54) is 6.08 Å². The fraction of sp³-hybridized carbons (Fsp3) is 0.100. The molecular formula is C20H16ClN3O5. The predicted molar refractivity (Wildman–Crippen MR) is 106 cm³/mol. The van der Waals surface area contributed by atoms with Crippen molar-refractivity contribution in [1.82, 2.24) is 5.32 Å². The molecule has 0 bridgehead atoms. The molecule has 3 N–H and O–H groups in total. The van der Waals surface area contributed by atoms with Gasteiger partial charge in [0, 0.05) is 5.02 Å². The Kier molecular flexibility index (Phi) is 5.65. The van der Waals surface area contributed by atoms with Crippen LogP contribution in [0.3, 0.4) is 0 Å². The standard InChI is InChI=1S/C20H16ClN3O5/c1-11-15(21)3-2-4-16(11)24-19(27)14(18(26)23-20(24)28)9-12-5-7-13(8-6-12)29-10-17(22)25/h2-9H,10H2,1H3,(H2,22,25)(H,23,26,28)/b14-9-. The number of nitrogens with zero attached hydrogens (tertiary/aromatic N) is 1. The molecule has 1 fully saturated rings. The molecule has 29 heavy (non-hydrogen) atoms. The second kappa shape index (κ2) is 8.15. The van der Waals surface area contributed by atoms with Gasteiger partial charge >= 0.3 is 6.03 Å². The summed E-state index contributed by atoms with van der Waals surface area (Å²) in [4.78, 5) is 49.1. The molecule has 0 radical (unpaired) electrons. The first-order chi connectivity index (χ1) is 13.8. The average molecular weight is 414 g/mol. The van der Waals surface area contributed by atoms with Crippen LogP contribution in [-0.2, 0) is 14.4 Å². The van der Waals surface area contributed by atoms with E-state index in [1.807, 2.05) is 0 Å². The van der Waals surface area contributed by atoms with Gasteiger partial charge in [0.15, 0.2) is 6.61 Å². The van der Waals surface area contributed by atoms with E-state index < -0.39 is 23.8 Å². The van der Waals surface area contributed by atoms with Crippen molar-refractivity contribution < 1.29 is 23.9 Å². The van der Waals surface area contributed by atoms with Gasteiger partial charge in [0.2, 0.25) is 0 Å². The molecule has 5 amide bonds. The molecule has 1 aliphatic rings. The van der Waals surface area contributed by atoms with Crippen molar-refractivity contribution in [2.24, 2.45) is 5.73 Å². The van der Waals surface area contributed by atoms with Crippen LogP contribution in [0.4, 0.5) is 10.5 Å². The van der Waals surface area contributed by atoms with E-state index in [9.17, 15) is 19.2 Å². The summed E-state index contributed by atoms with van der Waals surface area (Å²) in [5.41, 5.74) is 6.14. The molecule has 8 nitrogen and oxygen atoms in total. The molecule has 2 aromatic carbocycles. The van der Waals surface area contributed by atoms with E-state index in [2.05, 4.69) is 5.32 Å². The third kappa shape index (κ3) is 4.27. The maximum absolute atomic E-state index is 12.9. The van der Waals surface area contributed by atoms with Crippen LogP contribution in [0.5, 0.6) is 5.75 Å². The monoisotopic (exact) mass is 413 g/mol. The van der Waals surface area contributed by atoms with Gasteiger partial charge in [0.05, 0.1) is 5.69 Å². The van der Waals surface area contributed by atoms with Crippen LogP contribution in [0.1, 0.15) is 11.1 Å². The molecule has 1 aliphatic heterocycles. The molecule has 1 heterocycles. The lowest BCUT2D eigenvalue weighted by Crippen LogP contribution is -2.54. The molecule has 0 spiro atoms. The smallest absolute Gasteiger partial charge is 0.335 e. The number of rotatable bonds is 5. The Hall–Kier alpha value is -3.65. The summed E-state index contributed by atoms with van der Waals surface area (Å²) in [6, 6.07) is 10.3. The molecule has 0 aliphatic carbocycles. The summed E-state index contributed by atoms with van der Waals surface area (Å²) < 4.78 is 5.16. The van der Waals surface area contributed by atoms with Crippen molar-refractivity contribution >= 4 is 47.1 Å². The van der Waals surface area contributed by atoms with Crippen LogP contribution in [0, 0.1) is 6.92 Å². The second-order valence-corrected chi connectivity index (χ2v) is 6.57. The Labute approximate surface area is 170 Å². The van der Waals surface area contributed by atoms with Gasteiger partial charge in [-0.3, -0.25) is 19.7 Å². The maximum atomic E-state index is 12.9. The maximum Gasteiger partial charge on any atom is 0.335 e. The number of nitrogens with two attached hydrogens (primary N) is 1. The number of barbiturate groups is 1. The fourth-order valence-electron chi connectivity index (χ4n) is 2.70. The Morgan fingerprint density at radius 1 is 1.17 bits per heavy atom. The highest BCUT2D eigenvalue weighted by Gasteiger charge is 2.37. The first kappa shape index (κ1) is 20.1. The van der Waals surface area contributed by atoms with E-state index in [4.69, 9.17) is 22.1 Å². The van der Waals surface area contributed by atoms with E-state index in [1.54, 1.807) is 49.4 Å². The molecule has 2 aromatic rings. The number of primary amides is 1. The van der Waals surface area contributed by atoms with Gasteiger partial charge in [-0.25, -0.2) is 9.69 Å². The van der Waals surface area contributed by atoms with Gasteiger partial charge in [-0.05, 0) is 48.4 Å². The number of urea groups is 1. The number of imide groups is 2. The van der Waals surface area contributed by atoms with Crippen LogP contribution >= 0.6 is 11.6 Å². The van der Waals surface area contributed by atoms with E-state index in [0.717, 1.165) is 4.90 Å². The first-order valence-electron chi connectivity index (χ1n) is 8.45. The van der Waals surface area contributed by atoms with Crippen molar-refractivity contribution in [1.29, 1.82) is 0 Å². The third-order valence-corrected chi connectivity index (χ3v) is 4.56. The SMILES string of the molecule is Cc1c(Cl)cccc1N1C(=O)NC(=O)/C(=C/c2ccc(OCC(N)=O)cc2)C1=O. The third-order valence-electron chi connectivity index (χ3n) is 4.15. The van der Waals surface area contributed by atoms with Crippen molar-refractivity contribution in [2.75, 3.05) is 11.5 Å². The van der Waals surface area contributed by atoms with Gasteiger partial charge in [-0.1, -0.05) is 29.8 Å². The minimum absolute atomic E-state index is 0.213. The largest absolute Gasteiger partial charge is 0.484 e. The first-order valence-corrected chi connectivity index (χ1v) is 8.83. The lowest BCUT2D eigenvalue weighted by molar-refractivity contribution is -0.123. The van der Waals surface area contributed by atoms with E-state index in [0.29, 0.717) is 21.9 Å². The summed E-state index contributed by atoms with van der Waals surface area (Å²) in [6.07, 6.45) is 1.36. The normalized spacial score (nSPS) is 15.4. The number of anilines is 1. The van der Waals surface area contributed by atoms with Crippen LogP contribution in [0.25, 0.3) is 6.08 Å². The lowest BCUT2D eigenvalue weighted by atomic mass is 10.1. The zero-order chi connectivity index (χ0) is 21.1. The Balaban J connectivity index is 1.91. The van der Waals surface area contributed by atoms with Gasteiger partial charge < -0.3 is 10.5 Å². The fourth-order valence-corrected chi connectivity index (χ4v) is 2.87. The van der Waals surface area contributed by atoms with Crippen LogP contribution in [0.15, 0.2) is 48.0 Å². The molecular weight excluding hydrogens is 398 g/mol. The number of amides is 5. The zero-order valence-corrected chi connectivity index (χ0v) is 16.0. The van der Waals surface area contributed by atoms with E-state index >= 15 is 0 Å². The number of ether oxygens (including phenoxy) is 1. The molecule has 0 aromatic heterocycles. The van der Waals surface area contributed by atoms with Gasteiger partial charge in [0.1, 0.15) is 11.3 Å². The molecule has 0 atom stereocenters. The molecule has 9 heteroatoms. The molecule has 0 unspecified atom stereocenters. The minimum atomic E-state index is -0.849. The number of carbonyl (C=O) groups excluding carboxylic acids is 4. The average Bonchev–Trinajstić information content (AvgIpc) is 2.67. The van der Waals surface area contributed by atoms with Crippen LogP contribution in [0.2, 0.25) is 5.02 Å². The van der Waals surface area contributed by atoms with Crippen molar-refractivity contribution in [3.63, 3.8) is 0 Å². The zero-order valence-electron chi connectivity index (χ0n) is 15.3. The minimum Gasteiger partial charge on any atom is -0.484 e. The Bertz CT molecular complexity index is 1050. The number of hydrogen-bond acceptors (Lipinski definition) is 5.